The van der Waals surface area contributed by atoms with Crippen LogP contribution in [0.5, 0.6) is 5.75 Å². The number of carbonyl (C=O) groups excluding carboxylic acids is 2. The van der Waals surface area contributed by atoms with Gasteiger partial charge in [0, 0.05) is 18.7 Å². The van der Waals surface area contributed by atoms with Gasteiger partial charge in [-0.15, -0.1) is 0 Å². The third kappa shape index (κ3) is 4.21. The number of benzene rings is 1. The highest BCUT2D eigenvalue weighted by Crippen LogP contribution is 2.24. The second kappa shape index (κ2) is 7.11. The van der Waals surface area contributed by atoms with Crippen LogP contribution < -0.4 is 15.4 Å². The lowest BCUT2D eigenvalue weighted by Gasteiger charge is -2.23. The minimum absolute atomic E-state index is 0.147. The quantitative estimate of drug-likeness (QED) is 0.896. The average Bonchev–Trinajstić information content (AvgIpc) is 2.47. The molecule has 5 heteroatoms. The lowest BCUT2D eigenvalue weighted by atomic mass is 9.95. The molecule has 1 saturated carbocycles. The average molecular weight is 290 g/mol. The Balaban J connectivity index is 2.14. The number of amides is 2. The van der Waals surface area contributed by atoms with Gasteiger partial charge in [0.05, 0.1) is 12.7 Å². The smallest absolute Gasteiger partial charge is 0.255 e. The van der Waals surface area contributed by atoms with Gasteiger partial charge < -0.3 is 15.4 Å². The molecule has 0 spiro atoms. The Morgan fingerprint density at radius 2 is 1.90 bits per heavy atom. The van der Waals surface area contributed by atoms with E-state index in [1.165, 1.54) is 20.5 Å². The molecular formula is C16H22N2O3. The Kier molecular flexibility index (Phi) is 5.20. The van der Waals surface area contributed by atoms with Gasteiger partial charge in [-0.2, -0.15) is 0 Å². The predicted octanol–water partition coefficient (Wildman–Crippen LogP) is 2.72. The monoisotopic (exact) mass is 290 g/mol. The van der Waals surface area contributed by atoms with Crippen molar-refractivity contribution in [3.8, 4) is 5.75 Å². The van der Waals surface area contributed by atoms with Crippen molar-refractivity contribution in [1.29, 1.82) is 0 Å². The summed E-state index contributed by atoms with van der Waals surface area (Å²) < 4.78 is 5.24. The minimum Gasteiger partial charge on any atom is -0.496 e. The zero-order valence-electron chi connectivity index (χ0n) is 12.6. The van der Waals surface area contributed by atoms with Crippen LogP contribution in [0.25, 0.3) is 0 Å². The Hall–Kier alpha value is -2.04. The fourth-order valence-corrected chi connectivity index (χ4v) is 2.68. The summed E-state index contributed by atoms with van der Waals surface area (Å²) >= 11 is 0. The van der Waals surface area contributed by atoms with E-state index in [0.29, 0.717) is 17.0 Å². The van der Waals surface area contributed by atoms with Crippen molar-refractivity contribution < 1.29 is 14.3 Å². The SMILES string of the molecule is COc1ccc(NC(C)=O)cc1C(=O)NC1CCCCC1. The zero-order valence-corrected chi connectivity index (χ0v) is 12.6. The molecule has 0 bridgehead atoms. The standard InChI is InChI=1S/C16H22N2O3/c1-11(19)17-13-8-9-15(21-2)14(10-13)16(20)18-12-6-4-3-5-7-12/h8-10,12H,3-7H2,1-2H3,(H,17,19)(H,18,20). The van der Waals surface area contributed by atoms with Crippen molar-refractivity contribution in [2.45, 2.75) is 45.1 Å². The fourth-order valence-electron chi connectivity index (χ4n) is 2.68. The van der Waals surface area contributed by atoms with Crippen molar-refractivity contribution in [2.75, 3.05) is 12.4 Å². The highest BCUT2D eigenvalue weighted by atomic mass is 16.5. The minimum atomic E-state index is -0.168. The van der Waals surface area contributed by atoms with Crippen LogP contribution in [-0.4, -0.2) is 25.0 Å². The lowest BCUT2D eigenvalue weighted by molar-refractivity contribution is -0.114. The van der Waals surface area contributed by atoms with Crippen molar-refractivity contribution in [3.63, 3.8) is 0 Å². The van der Waals surface area contributed by atoms with Crippen LogP contribution in [-0.2, 0) is 4.79 Å². The van der Waals surface area contributed by atoms with E-state index in [4.69, 9.17) is 4.74 Å². The van der Waals surface area contributed by atoms with Gasteiger partial charge in [0.2, 0.25) is 5.91 Å². The van der Waals surface area contributed by atoms with Crippen LogP contribution in [0.4, 0.5) is 5.69 Å². The molecule has 1 fully saturated rings. The van der Waals surface area contributed by atoms with Crippen molar-refractivity contribution in [2.24, 2.45) is 0 Å². The molecule has 0 aromatic heterocycles. The van der Waals surface area contributed by atoms with E-state index in [-0.39, 0.29) is 17.9 Å². The summed E-state index contributed by atoms with van der Waals surface area (Å²) in [6.07, 6.45) is 5.62. The number of rotatable bonds is 4. The highest BCUT2D eigenvalue weighted by Gasteiger charge is 2.19. The molecule has 0 unspecified atom stereocenters. The van der Waals surface area contributed by atoms with Crippen LogP contribution in [0.15, 0.2) is 18.2 Å². The van der Waals surface area contributed by atoms with Crippen molar-refractivity contribution in [3.05, 3.63) is 23.8 Å². The number of nitrogens with one attached hydrogen (secondary N) is 2. The third-order valence-electron chi connectivity index (χ3n) is 3.70. The molecule has 2 N–H and O–H groups in total. The number of anilines is 1. The Morgan fingerprint density at radius 1 is 1.19 bits per heavy atom. The van der Waals surface area contributed by atoms with E-state index in [9.17, 15) is 9.59 Å². The van der Waals surface area contributed by atoms with Gasteiger partial charge in [-0.1, -0.05) is 19.3 Å². The van der Waals surface area contributed by atoms with Gasteiger partial charge in [0.15, 0.2) is 0 Å². The molecule has 1 aromatic rings. The number of methoxy groups -OCH3 is 1. The molecule has 0 saturated heterocycles. The van der Waals surface area contributed by atoms with E-state index in [0.717, 1.165) is 25.7 Å². The maximum absolute atomic E-state index is 12.4. The number of hydrogen-bond acceptors (Lipinski definition) is 3. The predicted molar refractivity (Wildman–Crippen MR) is 81.6 cm³/mol. The highest BCUT2D eigenvalue weighted by molar-refractivity contribution is 5.99. The first-order valence-corrected chi connectivity index (χ1v) is 7.36. The van der Waals surface area contributed by atoms with Gasteiger partial charge in [0.25, 0.3) is 5.91 Å². The number of hydrogen-bond donors (Lipinski definition) is 2. The number of ether oxygens (including phenoxy) is 1. The van der Waals surface area contributed by atoms with E-state index in [1.807, 2.05) is 0 Å². The van der Waals surface area contributed by atoms with E-state index < -0.39 is 0 Å². The molecule has 0 aliphatic heterocycles. The second-order valence-electron chi connectivity index (χ2n) is 5.40. The molecular weight excluding hydrogens is 268 g/mol. The Labute approximate surface area is 125 Å². The molecule has 114 valence electrons. The summed E-state index contributed by atoms with van der Waals surface area (Å²) in [6, 6.07) is 5.30. The normalized spacial score (nSPS) is 15.3. The van der Waals surface area contributed by atoms with E-state index in [1.54, 1.807) is 18.2 Å². The molecule has 21 heavy (non-hydrogen) atoms. The fraction of sp³-hybridized carbons (Fsp3) is 0.500. The molecule has 5 nitrogen and oxygen atoms in total. The van der Waals surface area contributed by atoms with Crippen molar-refractivity contribution >= 4 is 17.5 Å². The summed E-state index contributed by atoms with van der Waals surface area (Å²) in [5, 5.41) is 5.74. The van der Waals surface area contributed by atoms with Gasteiger partial charge >= 0.3 is 0 Å². The van der Waals surface area contributed by atoms with Crippen LogP contribution in [0, 0.1) is 0 Å². The first kappa shape index (κ1) is 15.4. The van der Waals surface area contributed by atoms with Gasteiger partial charge in [-0.3, -0.25) is 9.59 Å². The first-order chi connectivity index (χ1) is 10.1. The van der Waals surface area contributed by atoms with E-state index in [2.05, 4.69) is 10.6 Å². The van der Waals surface area contributed by atoms with Gasteiger partial charge in [-0.25, -0.2) is 0 Å². The van der Waals surface area contributed by atoms with E-state index >= 15 is 0 Å². The summed E-state index contributed by atoms with van der Waals surface area (Å²) in [4.78, 5) is 23.5. The van der Waals surface area contributed by atoms with Gasteiger partial charge in [-0.05, 0) is 31.0 Å². The molecule has 2 rings (SSSR count). The maximum atomic E-state index is 12.4. The second-order valence-corrected chi connectivity index (χ2v) is 5.40. The van der Waals surface area contributed by atoms with Gasteiger partial charge in [0.1, 0.15) is 5.75 Å². The summed E-state index contributed by atoms with van der Waals surface area (Å²) in [7, 11) is 1.53. The summed E-state index contributed by atoms with van der Waals surface area (Å²) in [5.41, 5.74) is 1.05. The Bertz CT molecular complexity index is 522. The molecule has 1 aliphatic rings. The lowest BCUT2D eigenvalue weighted by Crippen LogP contribution is -2.36. The zero-order chi connectivity index (χ0) is 15.2. The molecule has 1 aliphatic carbocycles. The molecule has 1 aromatic carbocycles. The molecule has 0 atom stereocenters. The summed E-state index contributed by atoms with van der Waals surface area (Å²) in [6.45, 7) is 1.44. The van der Waals surface area contributed by atoms with Crippen LogP contribution in [0.2, 0.25) is 0 Å². The molecule has 0 radical (unpaired) electrons. The molecule has 2 amide bonds. The third-order valence-corrected chi connectivity index (χ3v) is 3.70. The molecule has 0 heterocycles. The van der Waals surface area contributed by atoms with Crippen LogP contribution >= 0.6 is 0 Å². The number of carbonyl (C=O) groups is 2. The first-order valence-electron chi connectivity index (χ1n) is 7.36. The largest absolute Gasteiger partial charge is 0.496 e. The summed E-state index contributed by atoms with van der Waals surface area (Å²) in [5.74, 6) is 0.196. The topological polar surface area (TPSA) is 67.4 Å². The maximum Gasteiger partial charge on any atom is 0.255 e. The Morgan fingerprint density at radius 3 is 2.52 bits per heavy atom. The van der Waals surface area contributed by atoms with Crippen molar-refractivity contribution in [1.82, 2.24) is 5.32 Å². The van der Waals surface area contributed by atoms with Crippen LogP contribution in [0.3, 0.4) is 0 Å². The van der Waals surface area contributed by atoms with Crippen LogP contribution in [0.1, 0.15) is 49.4 Å².